The molecule has 1 N–H and O–H groups in total. The van der Waals surface area contributed by atoms with E-state index in [1.165, 1.54) is 37.4 Å². The summed E-state index contributed by atoms with van der Waals surface area (Å²) in [6.07, 6.45) is 0. The molecule has 8 nitrogen and oxygen atoms in total. The molecule has 0 bridgehead atoms. The first-order chi connectivity index (χ1) is 14.2. The normalized spacial score (nSPS) is 10.7. The Balaban J connectivity index is 1.70. The van der Waals surface area contributed by atoms with Crippen molar-refractivity contribution in [2.24, 2.45) is 0 Å². The van der Waals surface area contributed by atoms with E-state index in [-0.39, 0.29) is 27.0 Å². The van der Waals surface area contributed by atoms with Gasteiger partial charge in [-0.05, 0) is 30.7 Å². The Bertz CT molecular complexity index is 1180. The van der Waals surface area contributed by atoms with E-state index in [4.69, 9.17) is 21.1 Å². The zero-order valence-corrected chi connectivity index (χ0v) is 17.2. The van der Waals surface area contributed by atoms with Crippen molar-refractivity contribution in [1.29, 1.82) is 0 Å². The van der Waals surface area contributed by atoms with Crippen LogP contribution in [0, 0.1) is 22.9 Å². The number of esters is 1. The number of hydrogen-bond donors (Lipinski definition) is 1. The van der Waals surface area contributed by atoms with Crippen LogP contribution in [0.25, 0.3) is 10.1 Å². The molecule has 0 radical (unpaired) electrons. The first-order valence-electron chi connectivity index (χ1n) is 8.38. The third-order valence-electron chi connectivity index (χ3n) is 4.11. The van der Waals surface area contributed by atoms with Crippen LogP contribution in [0.5, 0.6) is 5.75 Å². The van der Waals surface area contributed by atoms with Crippen LogP contribution < -0.4 is 10.1 Å². The summed E-state index contributed by atoms with van der Waals surface area (Å²) in [4.78, 5) is 35.0. The van der Waals surface area contributed by atoms with Crippen molar-refractivity contribution in [1.82, 2.24) is 0 Å². The van der Waals surface area contributed by atoms with Gasteiger partial charge in [-0.25, -0.2) is 9.18 Å². The molecule has 11 heteroatoms. The summed E-state index contributed by atoms with van der Waals surface area (Å²) in [5, 5.41) is 14.2. The van der Waals surface area contributed by atoms with E-state index in [0.29, 0.717) is 15.6 Å². The van der Waals surface area contributed by atoms with Crippen LogP contribution in [0.3, 0.4) is 0 Å². The highest BCUT2D eigenvalue weighted by atomic mass is 35.5. The maximum Gasteiger partial charge on any atom is 0.350 e. The number of benzene rings is 2. The number of anilines is 1. The van der Waals surface area contributed by atoms with E-state index >= 15 is 0 Å². The molecular weight excluding hydrogens is 439 g/mol. The van der Waals surface area contributed by atoms with E-state index in [1.54, 1.807) is 6.92 Å². The second-order valence-electron chi connectivity index (χ2n) is 6.11. The summed E-state index contributed by atoms with van der Waals surface area (Å²) < 4.78 is 23.8. The zero-order chi connectivity index (χ0) is 22.0. The first-order valence-corrected chi connectivity index (χ1v) is 9.58. The molecule has 3 aromatic rings. The number of nitro groups is 1. The molecule has 3 rings (SSSR count). The summed E-state index contributed by atoms with van der Waals surface area (Å²) in [6.45, 7) is 0.959. The Labute approximate surface area is 178 Å². The van der Waals surface area contributed by atoms with Crippen LogP contribution in [0.2, 0.25) is 5.02 Å². The first kappa shape index (κ1) is 21.5. The van der Waals surface area contributed by atoms with Crippen LogP contribution in [0.1, 0.15) is 15.2 Å². The summed E-state index contributed by atoms with van der Waals surface area (Å²) in [5.41, 5.74) is 0.459. The van der Waals surface area contributed by atoms with E-state index in [0.717, 1.165) is 11.3 Å². The lowest BCUT2D eigenvalue weighted by Gasteiger charge is -2.11. The number of fused-ring (bicyclic) bond motifs is 1. The Morgan fingerprint density at radius 2 is 2.03 bits per heavy atom. The minimum absolute atomic E-state index is 0.0258. The standard InChI is InChI=1S/C19H14ClFN2O6S/c1-9-5-13(23(26)27)14(28-2)7-12(9)22-16(24)8-29-19(25)18-17(20)11-4-3-10(21)6-15(11)30-18/h3-7H,8H2,1-2H3,(H,22,24). The molecule has 0 atom stereocenters. The number of nitrogens with zero attached hydrogens (tertiary/aromatic N) is 1. The number of thiophene rings is 1. The zero-order valence-electron chi connectivity index (χ0n) is 15.7. The molecule has 0 saturated carbocycles. The predicted molar refractivity (Wildman–Crippen MR) is 110 cm³/mol. The third kappa shape index (κ3) is 4.34. The Kier molecular flexibility index (Phi) is 6.18. The Morgan fingerprint density at radius 3 is 2.70 bits per heavy atom. The summed E-state index contributed by atoms with van der Waals surface area (Å²) in [7, 11) is 1.27. The minimum Gasteiger partial charge on any atom is -0.490 e. The number of hydrogen-bond acceptors (Lipinski definition) is 7. The van der Waals surface area contributed by atoms with Gasteiger partial charge in [-0.1, -0.05) is 11.6 Å². The number of ether oxygens (including phenoxy) is 2. The van der Waals surface area contributed by atoms with Gasteiger partial charge in [0.2, 0.25) is 0 Å². The van der Waals surface area contributed by atoms with Crippen molar-refractivity contribution in [2.75, 3.05) is 19.0 Å². The van der Waals surface area contributed by atoms with Gasteiger partial charge in [0.15, 0.2) is 12.4 Å². The fourth-order valence-electron chi connectivity index (χ4n) is 2.67. The lowest BCUT2D eigenvalue weighted by atomic mass is 10.1. The molecule has 1 amide bonds. The van der Waals surface area contributed by atoms with E-state index in [9.17, 15) is 24.1 Å². The van der Waals surface area contributed by atoms with Gasteiger partial charge in [0.1, 0.15) is 10.7 Å². The number of carbonyl (C=O) groups excluding carboxylic acids is 2. The molecule has 0 aliphatic heterocycles. The monoisotopic (exact) mass is 452 g/mol. The van der Waals surface area contributed by atoms with Crippen LogP contribution >= 0.6 is 22.9 Å². The number of rotatable bonds is 6. The molecule has 0 spiro atoms. The number of amides is 1. The predicted octanol–water partition coefficient (Wildman–Crippen LogP) is 4.71. The SMILES string of the molecule is COc1cc(NC(=O)COC(=O)c2sc3cc(F)ccc3c2Cl)c(C)cc1[N+](=O)[O-]. The minimum atomic E-state index is -0.824. The average Bonchev–Trinajstić information content (AvgIpc) is 3.02. The number of carbonyl (C=O) groups is 2. The summed E-state index contributed by atoms with van der Waals surface area (Å²) in [6, 6.07) is 6.50. The highest BCUT2D eigenvalue weighted by molar-refractivity contribution is 7.21. The molecule has 0 saturated heterocycles. The van der Waals surface area contributed by atoms with E-state index < -0.39 is 29.2 Å². The third-order valence-corrected chi connectivity index (χ3v) is 5.75. The van der Waals surface area contributed by atoms with Gasteiger partial charge < -0.3 is 14.8 Å². The fraction of sp³-hybridized carbons (Fsp3) is 0.158. The molecule has 0 fully saturated rings. The van der Waals surface area contributed by atoms with Crippen molar-refractivity contribution in [3.63, 3.8) is 0 Å². The highest BCUT2D eigenvalue weighted by Gasteiger charge is 2.21. The lowest BCUT2D eigenvalue weighted by molar-refractivity contribution is -0.385. The van der Waals surface area contributed by atoms with Crippen LogP contribution in [0.4, 0.5) is 15.8 Å². The topological polar surface area (TPSA) is 108 Å². The maximum atomic E-state index is 13.3. The van der Waals surface area contributed by atoms with Crippen LogP contribution in [-0.2, 0) is 9.53 Å². The molecule has 156 valence electrons. The molecule has 0 unspecified atom stereocenters. The van der Waals surface area contributed by atoms with Crippen molar-refractivity contribution in [3.05, 3.63) is 61.7 Å². The van der Waals surface area contributed by atoms with Crippen molar-refractivity contribution in [2.45, 2.75) is 6.92 Å². The number of nitrogens with one attached hydrogen (secondary N) is 1. The van der Waals surface area contributed by atoms with Crippen molar-refractivity contribution >= 4 is 56.3 Å². The van der Waals surface area contributed by atoms with Crippen LogP contribution in [0.15, 0.2) is 30.3 Å². The second-order valence-corrected chi connectivity index (χ2v) is 7.54. The maximum absolute atomic E-state index is 13.3. The van der Waals surface area contributed by atoms with Gasteiger partial charge in [-0.2, -0.15) is 0 Å². The average molecular weight is 453 g/mol. The molecule has 1 heterocycles. The number of aryl methyl sites for hydroxylation is 1. The van der Waals surface area contributed by atoms with Gasteiger partial charge in [-0.15, -0.1) is 11.3 Å². The molecular formula is C19H14ClFN2O6S. The highest BCUT2D eigenvalue weighted by Crippen LogP contribution is 2.36. The Morgan fingerprint density at radius 1 is 1.30 bits per heavy atom. The fourth-order valence-corrected chi connectivity index (χ4v) is 4.09. The molecule has 0 aliphatic carbocycles. The largest absolute Gasteiger partial charge is 0.490 e. The van der Waals surface area contributed by atoms with E-state index in [1.807, 2.05) is 0 Å². The summed E-state index contributed by atoms with van der Waals surface area (Å²) in [5.74, 6) is -1.98. The van der Waals surface area contributed by atoms with Gasteiger partial charge in [0.25, 0.3) is 5.91 Å². The van der Waals surface area contributed by atoms with Crippen LogP contribution in [-0.4, -0.2) is 30.5 Å². The Hall–Kier alpha value is -3.24. The van der Waals surface area contributed by atoms with E-state index in [2.05, 4.69) is 5.32 Å². The van der Waals surface area contributed by atoms with Gasteiger partial charge in [-0.3, -0.25) is 14.9 Å². The number of nitro benzene ring substituents is 1. The molecule has 2 aromatic carbocycles. The molecule has 0 aliphatic rings. The molecule has 30 heavy (non-hydrogen) atoms. The quantitative estimate of drug-likeness (QED) is 0.329. The van der Waals surface area contributed by atoms with Crippen molar-refractivity contribution in [3.8, 4) is 5.75 Å². The van der Waals surface area contributed by atoms with Gasteiger partial charge in [0.05, 0.1) is 17.1 Å². The lowest BCUT2D eigenvalue weighted by Crippen LogP contribution is -2.21. The van der Waals surface area contributed by atoms with Gasteiger partial charge in [0, 0.05) is 27.9 Å². The molecule has 1 aromatic heterocycles. The number of methoxy groups -OCH3 is 1. The second kappa shape index (κ2) is 8.64. The van der Waals surface area contributed by atoms with Crippen molar-refractivity contribution < 1.29 is 28.4 Å². The van der Waals surface area contributed by atoms with Gasteiger partial charge >= 0.3 is 11.7 Å². The number of halogens is 2. The smallest absolute Gasteiger partial charge is 0.350 e. The summed E-state index contributed by atoms with van der Waals surface area (Å²) >= 11 is 7.12.